The van der Waals surface area contributed by atoms with E-state index in [1.165, 1.54) is 16.2 Å². The first-order chi connectivity index (χ1) is 10.1. The Morgan fingerprint density at radius 1 is 1.33 bits per heavy atom. The summed E-state index contributed by atoms with van der Waals surface area (Å²) in [6, 6.07) is 2.93. The van der Waals surface area contributed by atoms with E-state index < -0.39 is 0 Å². The number of rotatable bonds is 3. The van der Waals surface area contributed by atoms with Gasteiger partial charge in [-0.2, -0.15) is 0 Å². The van der Waals surface area contributed by atoms with Crippen LogP contribution in [-0.4, -0.2) is 53.1 Å². The number of fused-ring (bicyclic) bond motifs is 1. The number of nitrogens with zero attached hydrogens (tertiary/aromatic N) is 2. The topological polar surface area (TPSA) is 57.7 Å². The van der Waals surface area contributed by atoms with Crippen molar-refractivity contribution >= 4 is 40.5 Å². The Labute approximate surface area is 131 Å². The van der Waals surface area contributed by atoms with Crippen LogP contribution in [0.5, 0.6) is 0 Å². The fourth-order valence-electron chi connectivity index (χ4n) is 2.88. The van der Waals surface area contributed by atoms with Crippen molar-refractivity contribution in [3.05, 3.63) is 21.3 Å². The van der Waals surface area contributed by atoms with E-state index in [2.05, 4.69) is 0 Å². The Bertz CT molecular complexity index is 601. The molecular weight excluding hydrogens is 312 g/mol. The van der Waals surface area contributed by atoms with Crippen LogP contribution in [0.1, 0.15) is 28.9 Å². The van der Waals surface area contributed by atoms with Crippen molar-refractivity contribution < 1.29 is 14.4 Å². The summed E-state index contributed by atoms with van der Waals surface area (Å²) in [5.74, 6) is -0.334. The van der Waals surface area contributed by atoms with Crippen LogP contribution >= 0.6 is 22.9 Å². The third kappa shape index (κ3) is 2.82. The van der Waals surface area contributed by atoms with Gasteiger partial charge < -0.3 is 9.80 Å². The van der Waals surface area contributed by atoms with Crippen molar-refractivity contribution in [1.82, 2.24) is 9.80 Å². The van der Waals surface area contributed by atoms with Crippen LogP contribution in [0.15, 0.2) is 12.1 Å². The van der Waals surface area contributed by atoms with Crippen molar-refractivity contribution in [3.8, 4) is 0 Å². The highest BCUT2D eigenvalue weighted by Crippen LogP contribution is 2.25. The van der Waals surface area contributed by atoms with Crippen LogP contribution in [0.3, 0.4) is 0 Å². The molecule has 0 N–H and O–H groups in total. The summed E-state index contributed by atoms with van der Waals surface area (Å²) in [7, 11) is 0. The molecule has 2 aliphatic heterocycles. The van der Waals surface area contributed by atoms with Gasteiger partial charge in [0.15, 0.2) is 5.78 Å². The van der Waals surface area contributed by atoms with E-state index in [1.807, 2.05) is 0 Å². The number of hydrogen-bond acceptors (Lipinski definition) is 4. The number of halogens is 1. The fourth-order valence-corrected chi connectivity index (χ4v) is 3.85. The van der Waals surface area contributed by atoms with Crippen molar-refractivity contribution in [1.29, 1.82) is 0 Å². The second-order valence-corrected chi connectivity index (χ2v) is 7.04. The van der Waals surface area contributed by atoms with Gasteiger partial charge in [-0.05, 0) is 31.4 Å². The van der Waals surface area contributed by atoms with Gasteiger partial charge in [0.05, 0.1) is 15.8 Å². The average Bonchev–Trinajstić information content (AvgIpc) is 2.91. The lowest BCUT2D eigenvalue weighted by Crippen LogP contribution is -2.61. The van der Waals surface area contributed by atoms with Crippen molar-refractivity contribution in [2.75, 3.05) is 19.6 Å². The van der Waals surface area contributed by atoms with E-state index >= 15 is 0 Å². The number of thiophene rings is 1. The van der Waals surface area contributed by atoms with E-state index in [4.69, 9.17) is 11.6 Å². The summed E-state index contributed by atoms with van der Waals surface area (Å²) in [6.45, 7) is 0.601. The molecule has 1 unspecified atom stereocenters. The molecule has 1 aromatic heterocycles. The van der Waals surface area contributed by atoms with Gasteiger partial charge in [0.1, 0.15) is 12.6 Å². The monoisotopic (exact) mass is 326 g/mol. The number of carbonyl (C=O) groups excluding carboxylic acids is 3. The minimum atomic E-state index is -0.375. The van der Waals surface area contributed by atoms with Crippen LogP contribution in [0.2, 0.25) is 4.34 Å². The fraction of sp³-hybridized carbons (Fsp3) is 0.500. The van der Waals surface area contributed by atoms with E-state index in [-0.39, 0.29) is 36.7 Å². The number of Topliss-reactive ketones (excluding diaryl/α,β-unsaturated/α-hetero) is 1. The molecule has 0 bridgehead atoms. The van der Waals surface area contributed by atoms with Crippen molar-refractivity contribution in [2.45, 2.75) is 25.3 Å². The number of hydrogen-bond donors (Lipinski definition) is 0. The first-order valence-corrected chi connectivity index (χ1v) is 8.12. The highest BCUT2D eigenvalue weighted by atomic mass is 35.5. The molecule has 0 radical (unpaired) electrons. The van der Waals surface area contributed by atoms with E-state index in [0.717, 1.165) is 12.8 Å². The molecule has 112 valence electrons. The SMILES string of the molecule is O=C(CN1CC(=O)N2CCCCC2C1=O)c1ccc(Cl)s1. The summed E-state index contributed by atoms with van der Waals surface area (Å²) < 4.78 is 0.540. The third-order valence-corrected chi connectivity index (χ3v) is 5.20. The predicted octanol–water partition coefficient (Wildman–Crippen LogP) is 1.81. The molecule has 2 amide bonds. The Morgan fingerprint density at radius 2 is 2.14 bits per heavy atom. The molecule has 2 saturated heterocycles. The van der Waals surface area contributed by atoms with Gasteiger partial charge in [-0.1, -0.05) is 11.6 Å². The maximum absolute atomic E-state index is 12.4. The molecule has 2 aliphatic rings. The zero-order valence-corrected chi connectivity index (χ0v) is 13.0. The van der Waals surface area contributed by atoms with Crippen molar-refractivity contribution in [3.63, 3.8) is 0 Å². The molecule has 2 fully saturated rings. The molecule has 0 saturated carbocycles. The van der Waals surface area contributed by atoms with Crippen LogP contribution in [0.25, 0.3) is 0 Å². The summed E-state index contributed by atoms with van der Waals surface area (Å²) >= 11 is 7.01. The van der Waals surface area contributed by atoms with Gasteiger partial charge in [-0.3, -0.25) is 14.4 Å². The molecule has 3 heterocycles. The first-order valence-electron chi connectivity index (χ1n) is 6.93. The van der Waals surface area contributed by atoms with Crippen LogP contribution in [-0.2, 0) is 9.59 Å². The van der Waals surface area contributed by atoms with Gasteiger partial charge in [0.2, 0.25) is 11.8 Å². The third-order valence-electron chi connectivity index (χ3n) is 3.93. The quantitative estimate of drug-likeness (QED) is 0.796. The molecule has 3 rings (SSSR count). The lowest BCUT2D eigenvalue weighted by atomic mass is 9.98. The first kappa shape index (κ1) is 14.5. The van der Waals surface area contributed by atoms with Crippen molar-refractivity contribution in [2.24, 2.45) is 0 Å². The molecule has 1 aromatic rings. The van der Waals surface area contributed by atoms with Crippen LogP contribution in [0.4, 0.5) is 0 Å². The molecule has 0 aliphatic carbocycles. The van der Waals surface area contributed by atoms with Gasteiger partial charge in [-0.15, -0.1) is 11.3 Å². The number of piperidine rings is 1. The molecular formula is C14H15ClN2O3S. The molecule has 5 nitrogen and oxygen atoms in total. The summed E-state index contributed by atoms with van der Waals surface area (Å²) in [5, 5.41) is 0. The Hall–Kier alpha value is -1.40. The van der Waals surface area contributed by atoms with Gasteiger partial charge >= 0.3 is 0 Å². The molecule has 7 heteroatoms. The summed E-state index contributed by atoms with van der Waals surface area (Å²) in [4.78, 5) is 40.3. The lowest BCUT2D eigenvalue weighted by Gasteiger charge is -2.42. The minimum Gasteiger partial charge on any atom is -0.329 e. The largest absolute Gasteiger partial charge is 0.329 e. The van der Waals surface area contributed by atoms with E-state index in [1.54, 1.807) is 17.0 Å². The Kier molecular flexibility index (Phi) is 3.99. The van der Waals surface area contributed by atoms with Crippen LogP contribution in [0, 0.1) is 0 Å². The number of ketones is 1. The second kappa shape index (κ2) is 5.77. The zero-order valence-electron chi connectivity index (χ0n) is 11.4. The molecule has 21 heavy (non-hydrogen) atoms. The maximum atomic E-state index is 12.4. The summed E-state index contributed by atoms with van der Waals surface area (Å²) in [6.07, 6.45) is 2.59. The average molecular weight is 327 g/mol. The summed E-state index contributed by atoms with van der Waals surface area (Å²) in [5.41, 5.74) is 0. The predicted molar refractivity (Wildman–Crippen MR) is 79.6 cm³/mol. The molecule has 0 spiro atoms. The van der Waals surface area contributed by atoms with Gasteiger partial charge in [0.25, 0.3) is 0 Å². The maximum Gasteiger partial charge on any atom is 0.246 e. The Balaban J connectivity index is 1.72. The molecule has 1 atom stereocenters. The number of carbonyl (C=O) groups is 3. The lowest BCUT2D eigenvalue weighted by molar-refractivity contribution is -0.157. The van der Waals surface area contributed by atoms with E-state index in [9.17, 15) is 14.4 Å². The minimum absolute atomic E-state index is 0.000179. The molecule has 0 aromatic carbocycles. The zero-order chi connectivity index (χ0) is 15.0. The van der Waals surface area contributed by atoms with Gasteiger partial charge in [-0.25, -0.2) is 0 Å². The Morgan fingerprint density at radius 3 is 2.86 bits per heavy atom. The second-order valence-electron chi connectivity index (χ2n) is 5.32. The van der Waals surface area contributed by atoms with E-state index in [0.29, 0.717) is 22.2 Å². The van der Waals surface area contributed by atoms with Crippen LogP contribution < -0.4 is 0 Å². The highest BCUT2D eigenvalue weighted by molar-refractivity contribution is 7.18. The standard InChI is InChI=1S/C14H15ClN2O3S/c15-12-5-4-11(21-12)10(18)7-16-8-13(19)17-6-2-1-3-9(17)14(16)20/h4-5,9H,1-3,6-8H2. The normalized spacial score (nSPS) is 22.4. The number of amides is 2. The number of piperazine rings is 1. The smallest absolute Gasteiger partial charge is 0.246 e. The highest BCUT2D eigenvalue weighted by Gasteiger charge is 2.40. The van der Waals surface area contributed by atoms with Gasteiger partial charge in [0, 0.05) is 6.54 Å².